The third-order valence-corrected chi connectivity index (χ3v) is 3.44. The normalized spacial score (nSPS) is 10.0. The molecule has 0 bridgehead atoms. The van der Waals surface area contributed by atoms with Crippen LogP contribution in [-0.4, -0.2) is 28.4 Å². The lowest BCUT2D eigenvalue weighted by Gasteiger charge is -2.17. The van der Waals surface area contributed by atoms with Gasteiger partial charge >= 0.3 is 0 Å². The van der Waals surface area contributed by atoms with Gasteiger partial charge < -0.3 is 18.9 Å². The van der Waals surface area contributed by atoms with Crippen LogP contribution in [0.3, 0.4) is 0 Å². The number of benzene rings is 2. The summed E-state index contributed by atoms with van der Waals surface area (Å²) in [6, 6.07) is 11.3. The zero-order valence-electron chi connectivity index (χ0n) is 13.3. The zero-order valence-corrected chi connectivity index (χ0v) is 13.3. The number of rotatable bonds is 6. The summed E-state index contributed by atoms with van der Waals surface area (Å²) in [5.41, 5.74) is 2.51. The fraction of sp³-hybridized carbons (Fsp3) is 0.222. The minimum absolute atomic E-state index is 0.643. The average Bonchev–Trinajstić information content (AvgIpc) is 2.59. The van der Waals surface area contributed by atoms with E-state index in [1.165, 1.54) is 0 Å². The van der Waals surface area contributed by atoms with Gasteiger partial charge in [0.05, 0.1) is 34.0 Å². The molecule has 0 atom stereocenters. The van der Waals surface area contributed by atoms with Crippen molar-refractivity contribution >= 4 is 5.57 Å². The summed E-state index contributed by atoms with van der Waals surface area (Å²) >= 11 is 0. The first kappa shape index (κ1) is 15.8. The van der Waals surface area contributed by atoms with Crippen LogP contribution in [0.5, 0.6) is 23.0 Å². The summed E-state index contributed by atoms with van der Waals surface area (Å²) in [6.45, 7) is 4.19. The number of hydrogen-bond acceptors (Lipinski definition) is 4. The van der Waals surface area contributed by atoms with E-state index in [2.05, 4.69) is 6.58 Å². The van der Waals surface area contributed by atoms with Crippen molar-refractivity contribution < 1.29 is 18.9 Å². The molecule has 0 aliphatic rings. The molecular formula is C18H20O4. The Morgan fingerprint density at radius 3 is 1.86 bits per heavy atom. The molecule has 0 aliphatic heterocycles. The molecule has 0 aliphatic carbocycles. The van der Waals surface area contributed by atoms with Crippen LogP contribution in [0.25, 0.3) is 5.57 Å². The summed E-state index contributed by atoms with van der Waals surface area (Å²) in [5.74, 6) is 2.72. The number of ether oxygens (including phenoxy) is 4. The highest BCUT2D eigenvalue weighted by Crippen LogP contribution is 2.40. The van der Waals surface area contributed by atoms with Crippen molar-refractivity contribution in [3.8, 4) is 23.0 Å². The first-order chi connectivity index (χ1) is 10.6. The summed E-state index contributed by atoms with van der Waals surface area (Å²) in [7, 11) is 6.45. The van der Waals surface area contributed by atoms with Crippen LogP contribution in [0.1, 0.15) is 11.1 Å². The minimum atomic E-state index is 0.643. The third-order valence-electron chi connectivity index (χ3n) is 3.44. The van der Waals surface area contributed by atoms with E-state index in [0.29, 0.717) is 17.2 Å². The van der Waals surface area contributed by atoms with Crippen molar-refractivity contribution in [1.82, 2.24) is 0 Å². The first-order valence-electron chi connectivity index (χ1n) is 6.78. The third kappa shape index (κ3) is 3.01. The fourth-order valence-electron chi connectivity index (χ4n) is 2.26. The SMILES string of the molecule is C=C(c1cccc(OC)c1)c1c(OC)cc(OC)cc1OC. The van der Waals surface area contributed by atoms with Crippen molar-refractivity contribution in [2.45, 2.75) is 0 Å². The van der Waals surface area contributed by atoms with E-state index < -0.39 is 0 Å². The van der Waals surface area contributed by atoms with Crippen molar-refractivity contribution in [3.63, 3.8) is 0 Å². The molecule has 0 aromatic heterocycles. The van der Waals surface area contributed by atoms with Crippen LogP contribution in [0, 0.1) is 0 Å². The van der Waals surface area contributed by atoms with Crippen LogP contribution in [-0.2, 0) is 0 Å². The van der Waals surface area contributed by atoms with Gasteiger partial charge in [0.2, 0.25) is 0 Å². The molecule has 0 heterocycles. The molecule has 4 nitrogen and oxygen atoms in total. The Morgan fingerprint density at radius 2 is 1.36 bits per heavy atom. The second-order valence-corrected chi connectivity index (χ2v) is 4.62. The highest BCUT2D eigenvalue weighted by atomic mass is 16.5. The molecule has 0 saturated heterocycles. The number of methoxy groups -OCH3 is 4. The maximum Gasteiger partial charge on any atom is 0.134 e. The van der Waals surface area contributed by atoms with Gasteiger partial charge in [0.25, 0.3) is 0 Å². The molecule has 0 N–H and O–H groups in total. The standard InChI is InChI=1S/C18H20O4/c1-12(13-7-6-8-14(9-13)19-2)18-16(21-4)10-15(20-3)11-17(18)22-5/h6-11H,1H2,2-5H3. The maximum absolute atomic E-state index is 5.48. The van der Waals surface area contributed by atoms with Crippen LogP contribution in [0.2, 0.25) is 0 Å². The van der Waals surface area contributed by atoms with Gasteiger partial charge in [-0.2, -0.15) is 0 Å². The lowest BCUT2D eigenvalue weighted by Crippen LogP contribution is -1.99. The second-order valence-electron chi connectivity index (χ2n) is 4.62. The lowest BCUT2D eigenvalue weighted by molar-refractivity contribution is 0.374. The Kier molecular flexibility index (Phi) is 4.94. The van der Waals surface area contributed by atoms with Gasteiger partial charge in [0, 0.05) is 12.1 Å². The monoisotopic (exact) mass is 300 g/mol. The largest absolute Gasteiger partial charge is 0.497 e. The molecule has 2 aromatic rings. The highest BCUT2D eigenvalue weighted by molar-refractivity contribution is 5.85. The average molecular weight is 300 g/mol. The van der Waals surface area contributed by atoms with Gasteiger partial charge in [-0.3, -0.25) is 0 Å². The van der Waals surface area contributed by atoms with E-state index in [1.807, 2.05) is 36.4 Å². The molecule has 2 aromatic carbocycles. The van der Waals surface area contributed by atoms with Gasteiger partial charge in [0.15, 0.2) is 0 Å². The summed E-state index contributed by atoms with van der Waals surface area (Å²) < 4.78 is 21.5. The molecule has 116 valence electrons. The zero-order chi connectivity index (χ0) is 16.1. The molecule has 0 fully saturated rings. The molecule has 22 heavy (non-hydrogen) atoms. The Morgan fingerprint density at radius 1 is 0.773 bits per heavy atom. The molecule has 0 saturated carbocycles. The van der Waals surface area contributed by atoms with E-state index >= 15 is 0 Å². The van der Waals surface area contributed by atoms with Crippen LogP contribution in [0.15, 0.2) is 43.0 Å². The van der Waals surface area contributed by atoms with Crippen molar-refractivity contribution in [3.05, 3.63) is 54.1 Å². The summed E-state index contributed by atoms with van der Waals surface area (Å²) in [4.78, 5) is 0. The Hall–Kier alpha value is -2.62. The lowest BCUT2D eigenvalue weighted by atomic mass is 9.97. The molecular weight excluding hydrogens is 280 g/mol. The predicted molar refractivity (Wildman–Crippen MR) is 87.2 cm³/mol. The van der Waals surface area contributed by atoms with Gasteiger partial charge in [-0.05, 0) is 23.3 Å². The summed E-state index contributed by atoms with van der Waals surface area (Å²) in [5, 5.41) is 0. The van der Waals surface area contributed by atoms with Crippen molar-refractivity contribution in [2.75, 3.05) is 28.4 Å². The quantitative estimate of drug-likeness (QED) is 0.813. The Balaban J connectivity index is 2.56. The van der Waals surface area contributed by atoms with E-state index in [1.54, 1.807) is 28.4 Å². The van der Waals surface area contributed by atoms with Crippen LogP contribution < -0.4 is 18.9 Å². The minimum Gasteiger partial charge on any atom is -0.497 e. The number of hydrogen-bond donors (Lipinski definition) is 0. The fourth-order valence-corrected chi connectivity index (χ4v) is 2.26. The Labute approximate surface area is 130 Å². The van der Waals surface area contributed by atoms with Crippen LogP contribution in [0.4, 0.5) is 0 Å². The predicted octanol–water partition coefficient (Wildman–Crippen LogP) is 3.78. The van der Waals surface area contributed by atoms with E-state index in [0.717, 1.165) is 22.4 Å². The smallest absolute Gasteiger partial charge is 0.134 e. The molecule has 2 rings (SSSR count). The second kappa shape index (κ2) is 6.89. The van der Waals surface area contributed by atoms with Gasteiger partial charge in [-0.15, -0.1) is 0 Å². The molecule has 0 amide bonds. The van der Waals surface area contributed by atoms with Gasteiger partial charge in [0.1, 0.15) is 23.0 Å². The van der Waals surface area contributed by atoms with Gasteiger partial charge in [-0.1, -0.05) is 18.7 Å². The maximum atomic E-state index is 5.48. The Bertz CT molecular complexity index is 652. The van der Waals surface area contributed by atoms with E-state index in [9.17, 15) is 0 Å². The summed E-state index contributed by atoms with van der Waals surface area (Å²) in [6.07, 6.45) is 0. The van der Waals surface area contributed by atoms with Gasteiger partial charge in [-0.25, -0.2) is 0 Å². The molecule has 4 heteroatoms. The molecule has 0 unspecified atom stereocenters. The van der Waals surface area contributed by atoms with Crippen molar-refractivity contribution in [1.29, 1.82) is 0 Å². The van der Waals surface area contributed by atoms with E-state index in [4.69, 9.17) is 18.9 Å². The van der Waals surface area contributed by atoms with Crippen LogP contribution >= 0.6 is 0 Å². The van der Waals surface area contributed by atoms with Crippen molar-refractivity contribution in [2.24, 2.45) is 0 Å². The molecule has 0 radical (unpaired) electrons. The highest BCUT2D eigenvalue weighted by Gasteiger charge is 2.17. The molecule has 0 spiro atoms. The van der Waals surface area contributed by atoms with E-state index in [-0.39, 0.29) is 0 Å². The topological polar surface area (TPSA) is 36.9 Å². The first-order valence-corrected chi connectivity index (χ1v) is 6.78.